The Bertz CT molecular complexity index is 1280. The second-order valence-corrected chi connectivity index (χ2v) is 8.73. The van der Waals surface area contributed by atoms with Crippen LogP contribution in [-0.2, 0) is 16.1 Å². The normalized spacial score (nSPS) is 16.9. The molecule has 2 aromatic carbocycles. The van der Waals surface area contributed by atoms with Crippen LogP contribution in [0.3, 0.4) is 0 Å². The summed E-state index contributed by atoms with van der Waals surface area (Å²) in [5.74, 6) is -0.904. The lowest BCUT2D eigenvalue weighted by Gasteiger charge is -2.27. The van der Waals surface area contributed by atoms with Crippen LogP contribution < -0.4 is 9.64 Å². The van der Waals surface area contributed by atoms with Gasteiger partial charge in [-0.25, -0.2) is 0 Å². The molecule has 0 spiro atoms. The summed E-state index contributed by atoms with van der Waals surface area (Å²) in [7, 11) is 1.57. The van der Waals surface area contributed by atoms with E-state index in [-0.39, 0.29) is 17.9 Å². The Morgan fingerprint density at radius 3 is 2.39 bits per heavy atom. The number of ether oxygens (including phenoxy) is 1. The van der Waals surface area contributed by atoms with Crippen LogP contribution in [0, 0.1) is 6.92 Å². The van der Waals surface area contributed by atoms with Gasteiger partial charge in [0.15, 0.2) is 0 Å². The van der Waals surface area contributed by atoms with Crippen LogP contribution >= 0.6 is 0 Å². The Morgan fingerprint density at radius 2 is 1.81 bits per heavy atom. The number of rotatable bonds is 8. The average molecular weight is 486 g/mol. The van der Waals surface area contributed by atoms with Gasteiger partial charge in [-0.3, -0.25) is 14.6 Å². The fraction of sp³-hybridized carbons (Fsp3) is 0.276. The molecule has 1 aliphatic heterocycles. The van der Waals surface area contributed by atoms with Crippen molar-refractivity contribution in [1.29, 1.82) is 0 Å². The van der Waals surface area contributed by atoms with Gasteiger partial charge in [0.25, 0.3) is 11.7 Å². The number of aryl methyl sites for hydroxylation is 1. The van der Waals surface area contributed by atoms with Gasteiger partial charge in [0.2, 0.25) is 0 Å². The van der Waals surface area contributed by atoms with Crippen LogP contribution in [0.1, 0.15) is 42.1 Å². The number of Topliss-reactive ketones (excluding diaryl/α,β-unsaturated/α-hetero) is 1. The molecule has 7 nitrogen and oxygen atoms in total. The highest BCUT2D eigenvalue weighted by molar-refractivity contribution is 6.46. The number of carbonyl (C=O) groups is 2. The minimum Gasteiger partial charge on any atom is -0.507 e. The number of nitrogens with zero attached hydrogens (tertiary/aromatic N) is 3. The molecule has 1 aromatic heterocycles. The first-order valence-electron chi connectivity index (χ1n) is 12.1. The van der Waals surface area contributed by atoms with Gasteiger partial charge in [-0.1, -0.05) is 18.2 Å². The number of benzene rings is 2. The molecule has 186 valence electrons. The first-order chi connectivity index (χ1) is 17.4. The first-order valence-corrected chi connectivity index (χ1v) is 12.1. The molecule has 0 saturated carbocycles. The van der Waals surface area contributed by atoms with Gasteiger partial charge in [-0.15, -0.1) is 0 Å². The third kappa shape index (κ3) is 4.69. The second kappa shape index (κ2) is 10.6. The molecule has 1 N–H and O–H groups in total. The standard InChI is InChI=1S/C29H31N3O4/c1-5-31(6-2)22-11-9-21(10-12-22)26-25(27(33)24-14-13-23(36-4)16-19(24)3)28(34)29(35)32(26)18-20-8-7-15-30-17-20/h7-17,26,33H,5-6,18H2,1-4H3/b27-25-. The van der Waals surface area contributed by atoms with Crippen molar-refractivity contribution in [1.82, 2.24) is 9.88 Å². The zero-order valence-corrected chi connectivity index (χ0v) is 21.1. The van der Waals surface area contributed by atoms with E-state index < -0.39 is 17.7 Å². The maximum Gasteiger partial charge on any atom is 0.295 e. The molecule has 7 heteroatoms. The van der Waals surface area contributed by atoms with Crippen molar-refractivity contribution in [3.8, 4) is 5.75 Å². The van der Waals surface area contributed by atoms with Crippen molar-refractivity contribution >= 4 is 23.1 Å². The summed E-state index contributed by atoms with van der Waals surface area (Å²) in [4.78, 5) is 34.5. The Hall–Kier alpha value is -4.13. The van der Waals surface area contributed by atoms with Crippen LogP contribution in [0.5, 0.6) is 5.75 Å². The van der Waals surface area contributed by atoms with Crippen molar-refractivity contribution in [3.63, 3.8) is 0 Å². The average Bonchev–Trinajstić information content (AvgIpc) is 3.15. The maximum absolute atomic E-state index is 13.3. The molecule has 4 rings (SSSR count). The van der Waals surface area contributed by atoms with Crippen LogP contribution in [0.4, 0.5) is 5.69 Å². The Morgan fingerprint density at radius 1 is 1.08 bits per heavy atom. The number of aliphatic hydroxyl groups is 1. The lowest BCUT2D eigenvalue weighted by atomic mass is 9.93. The summed E-state index contributed by atoms with van der Waals surface area (Å²) in [6.07, 6.45) is 3.33. The molecule has 0 bridgehead atoms. The number of amides is 1. The fourth-order valence-electron chi connectivity index (χ4n) is 4.71. The van der Waals surface area contributed by atoms with E-state index in [1.807, 2.05) is 37.3 Å². The SMILES string of the molecule is CCN(CC)c1ccc(C2/C(=C(/O)c3ccc(OC)cc3C)C(=O)C(=O)N2Cc2cccnc2)cc1. The summed E-state index contributed by atoms with van der Waals surface area (Å²) >= 11 is 0. The van der Waals surface area contributed by atoms with E-state index in [2.05, 4.69) is 23.7 Å². The lowest BCUT2D eigenvalue weighted by Crippen LogP contribution is -2.29. The molecule has 0 radical (unpaired) electrons. The zero-order valence-electron chi connectivity index (χ0n) is 21.1. The molecule has 2 heterocycles. The van der Waals surface area contributed by atoms with Crippen LogP contribution in [-0.4, -0.2) is 46.9 Å². The van der Waals surface area contributed by atoms with Crippen molar-refractivity contribution in [3.05, 3.63) is 94.8 Å². The number of pyridine rings is 1. The van der Waals surface area contributed by atoms with Crippen molar-refractivity contribution in [2.45, 2.75) is 33.4 Å². The highest BCUT2D eigenvalue weighted by Gasteiger charge is 2.46. The predicted molar refractivity (Wildman–Crippen MR) is 140 cm³/mol. The molecular formula is C29H31N3O4. The van der Waals surface area contributed by atoms with Crippen LogP contribution in [0.25, 0.3) is 5.76 Å². The monoisotopic (exact) mass is 485 g/mol. The van der Waals surface area contributed by atoms with Gasteiger partial charge in [0.05, 0.1) is 18.7 Å². The maximum atomic E-state index is 13.3. The lowest BCUT2D eigenvalue weighted by molar-refractivity contribution is -0.140. The Labute approximate surface area is 211 Å². The van der Waals surface area contributed by atoms with Gasteiger partial charge >= 0.3 is 0 Å². The number of carbonyl (C=O) groups excluding carboxylic acids is 2. The van der Waals surface area contributed by atoms with E-state index in [9.17, 15) is 14.7 Å². The summed E-state index contributed by atoms with van der Waals surface area (Å²) < 4.78 is 5.28. The highest BCUT2D eigenvalue weighted by atomic mass is 16.5. The summed E-state index contributed by atoms with van der Waals surface area (Å²) in [6.45, 7) is 7.95. The topological polar surface area (TPSA) is 83.0 Å². The Balaban J connectivity index is 1.85. The molecule has 1 saturated heterocycles. The third-order valence-electron chi connectivity index (χ3n) is 6.64. The van der Waals surface area contributed by atoms with Gasteiger partial charge in [-0.2, -0.15) is 0 Å². The van der Waals surface area contributed by atoms with E-state index in [0.29, 0.717) is 11.3 Å². The number of anilines is 1. The van der Waals surface area contributed by atoms with Crippen molar-refractivity contribution in [2.24, 2.45) is 0 Å². The predicted octanol–water partition coefficient (Wildman–Crippen LogP) is 4.87. The molecule has 1 fully saturated rings. The molecule has 36 heavy (non-hydrogen) atoms. The minimum atomic E-state index is -0.738. The number of aliphatic hydroxyl groups excluding tert-OH is 1. The highest BCUT2D eigenvalue weighted by Crippen LogP contribution is 2.41. The second-order valence-electron chi connectivity index (χ2n) is 8.73. The van der Waals surface area contributed by atoms with E-state index in [1.165, 1.54) is 4.90 Å². The van der Waals surface area contributed by atoms with Crippen LogP contribution in [0.2, 0.25) is 0 Å². The number of likely N-dealkylation sites (tertiary alicyclic amines) is 1. The van der Waals surface area contributed by atoms with Gasteiger partial charge in [-0.05, 0) is 73.9 Å². The van der Waals surface area contributed by atoms with Gasteiger partial charge in [0, 0.05) is 43.3 Å². The quantitative estimate of drug-likeness (QED) is 0.279. The van der Waals surface area contributed by atoms with E-state index >= 15 is 0 Å². The van der Waals surface area contributed by atoms with E-state index in [4.69, 9.17) is 4.74 Å². The molecule has 1 amide bonds. The number of ketones is 1. The van der Waals surface area contributed by atoms with E-state index in [0.717, 1.165) is 35.5 Å². The molecule has 1 unspecified atom stereocenters. The number of hydrogen-bond donors (Lipinski definition) is 1. The summed E-state index contributed by atoms with van der Waals surface area (Å²) in [5, 5.41) is 11.4. The minimum absolute atomic E-state index is 0.0766. The molecule has 3 aromatic rings. The van der Waals surface area contributed by atoms with Crippen molar-refractivity contribution in [2.75, 3.05) is 25.1 Å². The number of hydrogen-bond acceptors (Lipinski definition) is 6. The largest absolute Gasteiger partial charge is 0.507 e. The van der Waals surface area contributed by atoms with Gasteiger partial charge in [0.1, 0.15) is 11.5 Å². The molecular weight excluding hydrogens is 454 g/mol. The van der Waals surface area contributed by atoms with Crippen LogP contribution in [0.15, 0.2) is 72.6 Å². The summed E-state index contributed by atoms with van der Waals surface area (Å²) in [6, 6.07) is 16.0. The summed E-state index contributed by atoms with van der Waals surface area (Å²) in [5.41, 5.74) is 3.90. The fourth-order valence-corrected chi connectivity index (χ4v) is 4.71. The molecule has 0 aliphatic carbocycles. The van der Waals surface area contributed by atoms with E-state index in [1.54, 1.807) is 43.8 Å². The molecule has 1 atom stereocenters. The number of methoxy groups -OCH3 is 1. The first kappa shape index (κ1) is 25.0. The Kier molecular flexibility index (Phi) is 7.38. The van der Waals surface area contributed by atoms with Crippen molar-refractivity contribution < 1.29 is 19.4 Å². The molecule has 1 aliphatic rings. The van der Waals surface area contributed by atoms with Gasteiger partial charge < -0.3 is 19.6 Å². The zero-order chi connectivity index (χ0) is 25.8. The number of aromatic nitrogens is 1. The third-order valence-corrected chi connectivity index (χ3v) is 6.64. The smallest absolute Gasteiger partial charge is 0.295 e.